The van der Waals surface area contributed by atoms with Crippen LogP contribution in [0.3, 0.4) is 0 Å². The van der Waals surface area contributed by atoms with Crippen LogP contribution < -0.4 is 4.74 Å². The lowest BCUT2D eigenvalue weighted by atomic mass is 9.73. The number of amides is 2. The van der Waals surface area contributed by atoms with Crippen LogP contribution in [0.25, 0.3) is 11.1 Å². The van der Waals surface area contributed by atoms with Crippen molar-refractivity contribution < 1.29 is 19.4 Å². The molecule has 2 amide bonds. The minimum absolute atomic E-state index is 0.0238. The molecule has 0 spiro atoms. The molecule has 0 aliphatic carbocycles. The van der Waals surface area contributed by atoms with Crippen molar-refractivity contribution in [2.24, 2.45) is 0 Å². The van der Waals surface area contributed by atoms with Crippen LogP contribution >= 0.6 is 0 Å². The van der Waals surface area contributed by atoms with Crippen LogP contribution in [0.15, 0.2) is 72.9 Å². The van der Waals surface area contributed by atoms with Crippen LogP contribution in [0, 0.1) is 0 Å². The summed E-state index contributed by atoms with van der Waals surface area (Å²) in [6.45, 7) is 0.398. The van der Waals surface area contributed by atoms with Crippen molar-refractivity contribution in [3.63, 3.8) is 0 Å². The summed E-state index contributed by atoms with van der Waals surface area (Å²) in [6.07, 6.45) is 1.83. The van der Waals surface area contributed by atoms with Gasteiger partial charge in [-0.1, -0.05) is 42.5 Å². The van der Waals surface area contributed by atoms with Crippen LogP contribution in [0.2, 0.25) is 0 Å². The molecule has 3 atom stereocenters. The molecule has 2 saturated heterocycles. The average Bonchev–Trinajstić information content (AvgIpc) is 2.86. The van der Waals surface area contributed by atoms with Crippen LogP contribution in [-0.2, 0) is 16.0 Å². The van der Waals surface area contributed by atoms with Crippen molar-refractivity contribution in [3.8, 4) is 16.9 Å². The molecule has 174 valence electrons. The second kappa shape index (κ2) is 9.27. The number of aliphatic hydroxyl groups is 1. The van der Waals surface area contributed by atoms with Gasteiger partial charge in [0.15, 0.2) is 0 Å². The van der Waals surface area contributed by atoms with Crippen LogP contribution in [0.1, 0.15) is 17.2 Å². The van der Waals surface area contributed by atoms with E-state index < -0.39 is 0 Å². The minimum atomic E-state index is -0.266. The number of aromatic nitrogens is 1. The fourth-order valence-electron chi connectivity index (χ4n) is 5.14. The van der Waals surface area contributed by atoms with E-state index in [2.05, 4.69) is 29.2 Å². The first kappa shape index (κ1) is 22.1. The highest BCUT2D eigenvalue weighted by atomic mass is 16.5. The predicted octanol–water partition coefficient (Wildman–Crippen LogP) is 2.50. The molecular weight excluding hydrogens is 430 g/mol. The zero-order valence-corrected chi connectivity index (χ0v) is 19.0. The number of fused-ring (bicyclic) bond motifs is 1. The summed E-state index contributed by atoms with van der Waals surface area (Å²) in [6, 6.07) is 21.2. The maximum Gasteiger partial charge on any atom is 0.242 e. The van der Waals surface area contributed by atoms with Gasteiger partial charge in [0, 0.05) is 24.4 Å². The molecule has 0 unspecified atom stereocenters. The molecule has 1 aromatic heterocycles. The molecule has 0 radical (unpaired) electrons. The number of hydrogen-bond donors (Lipinski definition) is 1. The van der Waals surface area contributed by atoms with Crippen LogP contribution in [0.4, 0.5) is 0 Å². The molecular formula is C27H27N3O4. The average molecular weight is 458 g/mol. The van der Waals surface area contributed by atoms with Crippen LogP contribution in [0.5, 0.6) is 5.75 Å². The Morgan fingerprint density at radius 2 is 1.76 bits per heavy atom. The van der Waals surface area contributed by atoms with E-state index in [4.69, 9.17) is 4.74 Å². The van der Waals surface area contributed by atoms with Gasteiger partial charge in [-0.2, -0.15) is 0 Å². The van der Waals surface area contributed by atoms with Gasteiger partial charge in [-0.05, 0) is 41.0 Å². The van der Waals surface area contributed by atoms with Crippen molar-refractivity contribution >= 4 is 11.8 Å². The molecule has 7 nitrogen and oxygen atoms in total. The minimum Gasteiger partial charge on any atom is -0.497 e. The van der Waals surface area contributed by atoms with Crippen molar-refractivity contribution in [3.05, 3.63) is 84.2 Å². The number of carbonyl (C=O) groups excluding carboxylic acids is 2. The Balaban J connectivity index is 1.33. The molecule has 7 heteroatoms. The van der Waals surface area contributed by atoms with Gasteiger partial charge >= 0.3 is 0 Å². The number of ether oxygens (including phenoxy) is 1. The van der Waals surface area contributed by atoms with Gasteiger partial charge < -0.3 is 19.6 Å². The van der Waals surface area contributed by atoms with Gasteiger partial charge in [0.25, 0.3) is 0 Å². The fraction of sp³-hybridized carbons (Fsp3) is 0.296. The Kier molecular flexibility index (Phi) is 6.02. The number of carbonyl (C=O) groups is 2. The number of nitrogens with zero attached hydrogens (tertiary/aromatic N) is 3. The number of methoxy groups -OCH3 is 1. The lowest BCUT2D eigenvalue weighted by molar-refractivity contribution is -0.166. The van der Waals surface area contributed by atoms with Crippen LogP contribution in [-0.4, -0.2) is 70.6 Å². The number of hydrogen-bond acceptors (Lipinski definition) is 5. The molecule has 5 rings (SSSR count). The Hall–Kier alpha value is -3.71. The summed E-state index contributed by atoms with van der Waals surface area (Å²) in [7, 11) is 1.65. The molecule has 2 aliphatic heterocycles. The van der Waals surface area contributed by atoms with E-state index in [1.165, 1.54) is 0 Å². The Labute approximate surface area is 198 Å². The Morgan fingerprint density at radius 3 is 2.38 bits per heavy atom. The number of aliphatic hydroxyl groups excluding tert-OH is 1. The lowest BCUT2D eigenvalue weighted by Crippen LogP contribution is -2.73. The second-order valence-corrected chi connectivity index (χ2v) is 8.77. The van der Waals surface area contributed by atoms with E-state index in [9.17, 15) is 14.7 Å². The molecule has 2 aliphatic rings. The summed E-state index contributed by atoms with van der Waals surface area (Å²) >= 11 is 0. The molecule has 0 saturated carbocycles. The molecule has 2 fully saturated rings. The molecule has 0 bridgehead atoms. The molecule has 3 aromatic rings. The quantitative estimate of drug-likeness (QED) is 0.615. The van der Waals surface area contributed by atoms with Crippen molar-refractivity contribution in [2.75, 3.05) is 26.8 Å². The smallest absolute Gasteiger partial charge is 0.242 e. The number of rotatable bonds is 6. The SMILES string of the molecule is COc1ccc(-c2ccc([C@@H]3[C@@H](CO)N4C(=O)CN(C(=O)Cc5ccccn5)C[C@@H]34)cc2)cc1. The topological polar surface area (TPSA) is 83.0 Å². The van der Waals surface area contributed by atoms with E-state index in [0.717, 1.165) is 22.4 Å². The monoisotopic (exact) mass is 457 g/mol. The first-order chi connectivity index (χ1) is 16.6. The highest BCUT2D eigenvalue weighted by Crippen LogP contribution is 2.43. The van der Waals surface area contributed by atoms with Gasteiger partial charge in [-0.25, -0.2) is 0 Å². The number of benzene rings is 2. The van der Waals surface area contributed by atoms with E-state index in [-0.39, 0.29) is 49.4 Å². The number of piperazine rings is 1. The third kappa shape index (κ3) is 4.03. The van der Waals surface area contributed by atoms with Gasteiger partial charge in [0.05, 0.1) is 38.8 Å². The summed E-state index contributed by atoms with van der Waals surface area (Å²) in [4.78, 5) is 33.4. The van der Waals surface area contributed by atoms with Gasteiger partial charge in [-0.15, -0.1) is 0 Å². The van der Waals surface area contributed by atoms with Gasteiger partial charge in [0.2, 0.25) is 11.8 Å². The normalized spacial score (nSPS) is 21.6. The first-order valence-corrected chi connectivity index (χ1v) is 11.4. The van der Waals surface area contributed by atoms with Crippen molar-refractivity contribution in [1.29, 1.82) is 0 Å². The van der Waals surface area contributed by atoms with E-state index in [1.54, 1.807) is 23.1 Å². The van der Waals surface area contributed by atoms with Gasteiger partial charge in [0.1, 0.15) is 5.75 Å². The van der Waals surface area contributed by atoms with E-state index in [1.807, 2.05) is 42.5 Å². The summed E-state index contributed by atoms with van der Waals surface area (Å²) in [5.74, 6) is 0.567. The highest BCUT2D eigenvalue weighted by Gasteiger charge is 2.54. The zero-order chi connectivity index (χ0) is 23.7. The standard InChI is InChI=1S/C27H27N3O4/c1-34-22-11-9-19(10-12-22)18-5-7-20(8-6-18)27-23-15-29(16-26(33)30(23)24(27)17-31)25(32)14-21-4-2-3-13-28-21/h2-13,23-24,27,31H,14-17H2,1H3/t23-,24+,27-/m0/s1. The van der Waals surface area contributed by atoms with Gasteiger partial charge in [-0.3, -0.25) is 14.6 Å². The largest absolute Gasteiger partial charge is 0.497 e. The summed E-state index contributed by atoms with van der Waals surface area (Å²) < 4.78 is 5.23. The van der Waals surface area contributed by atoms with E-state index >= 15 is 0 Å². The molecule has 3 heterocycles. The second-order valence-electron chi connectivity index (χ2n) is 8.77. The maximum absolute atomic E-state index is 12.9. The molecule has 2 aromatic carbocycles. The first-order valence-electron chi connectivity index (χ1n) is 11.4. The molecule has 34 heavy (non-hydrogen) atoms. The third-order valence-electron chi connectivity index (χ3n) is 6.88. The predicted molar refractivity (Wildman–Crippen MR) is 127 cm³/mol. The Bertz CT molecular complexity index is 1160. The number of pyridine rings is 1. The lowest BCUT2D eigenvalue weighted by Gasteiger charge is -2.58. The fourth-order valence-corrected chi connectivity index (χ4v) is 5.14. The third-order valence-corrected chi connectivity index (χ3v) is 6.88. The maximum atomic E-state index is 12.9. The molecule has 1 N–H and O–H groups in total. The van der Waals surface area contributed by atoms with Crippen molar-refractivity contribution in [1.82, 2.24) is 14.8 Å². The van der Waals surface area contributed by atoms with Crippen molar-refractivity contribution in [2.45, 2.75) is 24.4 Å². The summed E-state index contributed by atoms with van der Waals surface area (Å²) in [5.41, 5.74) is 3.91. The summed E-state index contributed by atoms with van der Waals surface area (Å²) in [5, 5.41) is 10.0. The highest BCUT2D eigenvalue weighted by molar-refractivity contribution is 5.88. The Morgan fingerprint density at radius 1 is 1.06 bits per heavy atom. The zero-order valence-electron chi connectivity index (χ0n) is 19.0. The van der Waals surface area contributed by atoms with E-state index in [0.29, 0.717) is 12.2 Å².